The summed E-state index contributed by atoms with van der Waals surface area (Å²) in [5.41, 5.74) is 0. The largest absolute Gasteiger partial charge is 0.385 e. The molecule has 0 aliphatic rings. The Morgan fingerprint density at radius 2 is 2.00 bits per heavy atom. The van der Waals surface area contributed by atoms with Gasteiger partial charge in [-0.1, -0.05) is 18.5 Å². The molecule has 0 bridgehead atoms. The van der Waals surface area contributed by atoms with Crippen LogP contribution in [0.4, 0.5) is 0 Å². The highest BCUT2D eigenvalue weighted by Gasteiger charge is 2.03. The molecule has 2 aromatic rings. The highest BCUT2D eigenvalue weighted by molar-refractivity contribution is 14.0. The molecule has 0 atom stereocenters. The molecule has 2 N–H and O–H groups in total. The van der Waals surface area contributed by atoms with Crippen molar-refractivity contribution in [2.45, 2.75) is 31.2 Å². The SMILES string of the molecule is CCc1nncn1CCNC(=NCCCOC)NCCSc1ccc(Cl)cc1.I. The third-order valence-electron chi connectivity index (χ3n) is 3.91. The van der Waals surface area contributed by atoms with Crippen molar-refractivity contribution < 1.29 is 4.74 Å². The Labute approximate surface area is 199 Å². The van der Waals surface area contributed by atoms with E-state index in [4.69, 9.17) is 16.3 Å². The van der Waals surface area contributed by atoms with Gasteiger partial charge in [-0.25, -0.2) is 0 Å². The van der Waals surface area contributed by atoms with Crippen LogP contribution in [0, 0.1) is 0 Å². The zero-order valence-electron chi connectivity index (χ0n) is 16.9. The number of aryl methyl sites for hydroxylation is 1. The highest BCUT2D eigenvalue weighted by Crippen LogP contribution is 2.19. The predicted octanol–water partition coefficient (Wildman–Crippen LogP) is 3.48. The molecule has 1 aromatic carbocycles. The van der Waals surface area contributed by atoms with E-state index in [1.807, 2.05) is 24.3 Å². The minimum atomic E-state index is 0. The quantitative estimate of drug-likeness (QED) is 0.138. The second kappa shape index (κ2) is 15.8. The van der Waals surface area contributed by atoms with Crippen LogP contribution in [0.1, 0.15) is 19.2 Å². The lowest BCUT2D eigenvalue weighted by molar-refractivity contribution is 0.197. The minimum absolute atomic E-state index is 0. The number of hydrogen-bond acceptors (Lipinski definition) is 5. The molecule has 0 saturated carbocycles. The third-order valence-corrected chi connectivity index (χ3v) is 5.18. The van der Waals surface area contributed by atoms with E-state index in [1.54, 1.807) is 25.2 Å². The van der Waals surface area contributed by atoms with Crippen LogP contribution in [-0.4, -0.2) is 59.8 Å². The summed E-state index contributed by atoms with van der Waals surface area (Å²) in [6.45, 7) is 5.89. The van der Waals surface area contributed by atoms with Gasteiger partial charge < -0.3 is 19.9 Å². The second-order valence-corrected chi connectivity index (χ2v) is 7.63. The highest BCUT2D eigenvalue weighted by atomic mass is 127. The van der Waals surface area contributed by atoms with Crippen molar-refractivity contribution in [3.63, 3.8) is 0 Å². The molecule has 0 amide bonds. The van der Waals surface area contributed by atoms with E-state index in [-0.39, 0.29) is 24.0 Å². The zero-order valence-corrected chi connectivity index (χ0v) is 20.8. The summed E-state index contributed by atoms with van der Waals surface area (Å²) in [7, 11) is 1.71. The number of hydrogen-bond donors (Lipinski definition) is 2. The Morgan fingerprint density at radius 1 is 1.24 bits per heavy atom. The van der Waals surface area contributed by atoms with Gasteiger partial charge >= 0.3 is 0 Å². The Hall–Kier alpha value is -1.04. The smallest absolute Gasteiger partial charge is 0.191 e. The summed E-state index contributed by atoms with van der Waals surface area (Å²) in [6, 6.07) is 7.90. The van der Waals surface area contributed by atoms with Crippen LogP contribution >= 0.6 is 47.3 Å². The van der Waals surface area contributed by atoms with Gasteiger partial charge in [-0.2, -0.15) is 0 Å². The van der Waals surface area contributed by atoms with Gasteiger partial charge in [0.1, 0.15) is 12.2 Å². The summed E-state index contributed by atoms with van der Waals surface area (Å²) in [6.07, 6.45) is 3.54. The van der Waals surface area contributed by atoms with Crippen molar-refractivity contribution in [2.24, 2.45) is 4.99 Å². The first kappa shape index (κ1) is 26.0. The molecule has 0 saturated heterocycles. The van der Waals surface area contributed by atoms with Gasteiger partial charge in [0.25, 0.3) is 0 Å². The lowest BCUT2D eigenvalue weighted by Gasteiger charge is -2.13. The molecule has 0 fully saturated rings. The second-order valence-electron chi connectivity index (χ2n) is 6.03. The van der Waals surface area contributed by atoms with Crippen LogP contribution in [0.2, 0.25) is 5.02 Å². The number of nitrogens with one attached hydrogen (secondary N) is 2. The number of thioether (sulfide) groups is 1. The van der Waals surface area contributed by atoms with E-state index in [0.29, 0.717) is 6.61 Å². The summed E-state index contributed by atoms with van der Waals surface area (Å²) in [5.74, 6) is 2.75. The van der Waals surface area contributed by atoms with Crippen molar-refractivity contribution in [3.05, 3.63) is 41.4 Å². The van der Waals surface area contributed by atoms with Gasteiger partial charge in [0.15, 0.2) is 5.96 Å². The van der Waals surface area contributed by atoms with Crippen LogP contribution < -0.4 is 10.6 Å². The average Bonchev–Trinajstić information content (AvgIpc) is 3.17. The molecular weight excluding hydrogens is 523 g/mol. The molecule has 29 heavy (non-hydrogen) atoms. The van der Waals surface area contributed by atoms with Crippen LogP contribution in [0.3, 0.4) is 0 Å². The molecule has 0 aliphatic heterocycles. The van der Waals surface area contributed by atoms with Gasteiger partial charge in [0.05, 0.1) is 0 Å². The lowest BCUT2D eigenvalue weighted by atomic mass is 10.4. The third kappa shape index (κ3) is 10.5. The van der Waals surface area contributed by atoms with Crippen LogP contribution in [-0.2, 0) is 17.7 Å². The Morgan fingerprint density at radius 3 is 2.72 bits per heavy atom. The van der Waals surface area contributed by atoms with Crippen molar-refractivity contribution in [2.75, 3.05) is 39.1 Å². The number of aliphatic imine (C=N–C) groups is 1. The molecule has 0 aliphatic carbocycles. The number of aromatic nitrogens is 3. The van der Waals surface area contributed by atoms with Crippen LogP contribution in [0.15, 0.2) is 40.5 Å². The fourth-order valence-corrected chi connectivity index (χ4v) is 3.37. The minimum Gasteiger partial charge on any atom is -0.385 e. The van der Waals surface area contributed by atoms with Crippen molar-refractivity contribution in [1.29, 1.82) is 0 Å². The first-order valence-electron chi connectivity index (χ1n) is 9.49. The first-order valence-corrected chi connectivity index (χ1v) is 10.9. The number of methoxy groups -OCH3 is 1. The Kier molecular flexibility index (Phi) is 14.1. The van der Waals surface area contributed by atoms with Gasteiger partial charge in [-0.3, -0.25) is 4.99 Å². The summed E-state index contributed by atoms with van der Waals surface area (Å²) < 4.78 is 7.16. The summed E-state index contributed by atoms with van der Waals surface area (Å²) >= 11 is 7.71. The molecule has 0 spiro atoms. The lowest BCUT2D eigenvalue weighted by Crippen LogP contribution is -2.40. The summed E-state index contributed by atoms with van der Waals surface area (Å²) in [5, 5.41) is 15.6. The molecule has 0 radical (unpaired) electrons. The van der Waals surface area contributed by atoms with E-state index in [0.717, 1.165) is 61.6 Å². The van der Waals surface area contributed by atoms with Gasteiger partial charge in [0, 0.05) is 62.0 Å². The number of nitrogens with zero attached hydrogens (tertiary/aromatic N) is 4. The number of guanidine groups is 1. The zero-order chi connectivity index (χ0) is 20.0. The topological polar surface area (TPSA) is 76.4 Å². The van der Waals surface area contributed by atoms with E-state index >= 15 is 0 Å². The fourth-order valence-electron chi connectivity index (χ4n) is 2.48. The number of halogens is 2. The average molecular weight is 553 g/mol. The monoisotopic (exact) mass is 552 g/mol. The van der Waals surface area contributed by atoms with Gasteiger partial charge in [-0.15, -0.1) is 45.9 Å². The van der Waals surface area contributed by atoms with Crippen LogP contribution in [0.5, 0.6) is 0 Å². The molecule has 162 valence electrons. The van der Waals surface area contributed by atoms with E-state index in [1.165, 1.54) is 4.90 Å². The maximum absolute atomic E-state index is 5.93. The van der Waals surface area contributed by atoms with Crippen molar-refractivity contribution >= 4 is 53.3 Å². The maximum Gasteiger partial charge on any atom is 0.191 e. The van der Waals surface area contributed by atoms with Crippen molar-refractivity contribution in [1.82, 2.24) is 25.4 Å². The van der Waals surface area contributed by atoms with Gasteiger partial charge in [-0.05, 0) is 30.7 Å². The summed E-state index contributed by atoms with van der Waals surface area (Å²) in [4.78, 5) is 5.83. The number of rotatable bonds is 12. The number of benzene rings is 1. The fraction of sp³-hybridized carbons (Fsp3) is 0.526. The Bertz CT molecular complexity index is 713. The molecular formula is C19H30ClIN6OS. The van der Waals surface area contributed by atoms with E-state index in [2.05, 4.69) is 37.3 Å². The molecule has 2 rings (SSSR count). The number of ether oxygens (including phenoxy) is 1. The first-order chi connectivity index (χ1) is 13.7. The molecule has 7 nitrogen and oxygen atoms in total. The van der Waals surface area contributed by atoms with Crippen LogP contribution in [0.25, 0.3) is 0 Å². The van der Waals surface area contributed by atoms with Crippen molar-refractivity contribution in [3.8, 4) is 0 Å². The molecule has 10 heteroatoms. The Balaban J connectivity index is 0.00000420. The molecule has 1 heterocycles. The normalized spacial score (nSPS) is 11.2. The standard InChI is InChI=1S/C19H29ClN6OS.HI/c1-3-18-25-24-15-26(18)12-10-22-19(21-9-4-13-27-2)23-11-14-28-17-7-5-16(20)6-8-17;/h5-8,15H,3-4,9-14H2,1-2H3,(H2,21,22,23);1H. The maximum atomic E-state index is 5.93. The van der Waals surface area contributed by atoms with Gasteiger partial charge in [0.2, 0.25) is 0 Å². The van der Waals surface area contributed by atoms with E-state index in [9.17, 15) is 0 Å². The predicted molar refractivity (Wildman–Crippen MR) is 132 cm³/mol. The van der Waals surface area contributed by atoms with E-state index < -0.39 is 0 Å². The molecule has 0 unspecified atom stereocenters. The molecule has 1 aromatic heterocycles.